The highest BCUT2D eigenvalue weighted by Gasteiger charge is 2.09. The van der Waals surface area contributed by atoms with Crippen LogP contribution < -0.4 is 0 Å². The number of hydrogen-bond donors (Lipinski definition) is 1. The van der Waals surface area contributed by atoms with Crippen molar-refractivity contribution in [1.82, 2.24) is 4.98 Å². The SMILES string of the molecule is O/N=C\c1ccc(-c2nc3ccccc3s2)o1. The van der Waals surface area contributed by atoms with Gasteiger partial charge in [-0.05, 0) is 24.3 Å². The molecule has 3 aromatic rings. The van der Waals surface area contributed by atoms with Crippen LogP contribution >= 0.6 is 11.3 Å². The van der Waals surface area contributed by atoms with Crippen LogP contribution in [0.15, 0.2) is 46.0 Å². The van der Waals surface area contributed by atoms with Crippen LogP contribution in [0.1, 0.15) is 5.76 Å². The molecule has 2 aromatic heterocycles. The van der Waals surface area contributed by atoms with Crippen molar-refractivity contribution in [3.8, 4) is 10.8 Å². The lowest BCUT2D eigenvalue weighted by Gasteiger charge is -1.86. The van der Waals surface area contributed by atoms with Crippen molar-refractivity contribution in [3.05, 3.63) is 42.2 Å². The quantitative estimate of drug-likeness (QED) is 0.427. The molecule has 0 saturated heterocycles. The van der Waals surface area contributed by atoms with E-state index in [1.165, 1.54) is 6.21 Å². The van der Waals surface area contributed by atoms with Gasteiger partial charge >= 0.3 is 0 Å². The van der Waals surface area contributed by atoms with Crippen LogP contribution in [0.25, 0.3) is 21.0 Å². The smallest absolute Gasteiger partial charge is 0.163 e. The number of thiazole rings is 1. The highest BCUT2D eigenvalue weighted by molar-refractivity contribution is 7.21. The fraction of sp³-hybridized carbons (Fsp3) is 0. The summed E-state index contributed by atoms with van der Waals surface area (Å²) in [5.74, 6) is 1.18. The summed E-state index contributed by atoms with van der Waals surface area (Å²) >= 11 is 1.57. The maximum absolute atomic E-state index is 8.41. The molecule has 0 radical (unpaired) electrons. The summed E-state index contributed by atoms with van der Waals surface area (Å²) in [6.07, 6.45) is 1.25. The Morgan fingerprint density at radius 3 is 2.94 bits per heavy atom. The van der Waals surface area contributed by atoms with Gasteiger partial charge in [0.2, 0.25) is 0 Å². The van der Waals surface area contributed by atoms with Crippen molar-refractivity contribution in [1.29, 1.82) is 0 Å². The van der Waals surface area contributed by atoms with Gasteiger partial charge in [-0.3, -0.25) is 0 Å². The van der Waals surface area contributed by atoms with E-state index in [-0.39, 0.29) is 0 Å². The van der Waals surface area contributed by atoms with Gasteiger partial charge in [0.25, 0.3) is 0 Å². The van der Waals surface area contributed by atoms with Gasteiger partial charge in [-0.25, -0.2) is 4.98 Å². The fourth-order valence-corrected chi connectivity index (χ4v) is 2.50. The van der Waals surface area contributed by atoms with Crippen LogP contribution in [-0.4, -0.2) is 16.4 Å². The maximum Gasteiger partial charge on any atom is 0.163 e. The number of oxime groups is 1. The first-order chi connectivity index (χ1) is 8.36. The van der Waals surface area contributed by atoms with Crippen LogP contribution in [0.4, 0.5) is 0 Å². The molecule has 2 heterocycles. The molecule has 0 saturated carbocycles. The number of aromatic nitrogens is 1. The van der Waals surface area contributed by atoms with Gasteiger partial charge in [0.05, 0.1) is 10.2 Å². The fourth-order valence-electron chi connectivity index (χ4n) is 1.57. The normalized spacial score (nSPS) is 11.5. The predicted octanol–water partition coefficient (Wildman–Crippen LogP) is 3.36. The van der Waals surface area contributed by atoms with Crippen molar-refractivity contribution in [3.63, 3.8) is 0 Å². The molecule has 4 nitrogen and oxygen atoms in total. The molecule has 5 heteroatoms. The second kappa shape index (κ2) is 4.03. The van der Waals surface area contributed by atoms with Crippen molar-refractivity contribution in [2.45, 2.75) is 0 Å². The molecule has 0 bridgehead atoms. The summed E-state index contributed by atoms with van der Waals surface area (Å²) in [4.78, 5) is 4.47. The van der Waals surface area contributed by atoms with Crippen molar-refractivity contribution >= 4 is 27.8 Å². The molecular formula is C12H8N2O2S. The van der Waals surface area contributed by atoms with Gasteiger partial charge in [-0.15, -0.1) is 11.3 Å². The standard InChI is InChI=1S/C12H8N2O2S/c15-13-7-8-5-6-10(16-8)12-14-9-3-1-2-4-11(9)17-12/h1-7,15H/b13-7-. The monoisotopic (exact) mass is 244 g/mol. The van der Waals surface area contributed by atoms with E-state index >= 15 is 0 Å². The Hall–Kier alpha value is -2.14. The third-order valence-electron chi connectivity index (χ3n) is 2.32. The largest absolute Gasteiger partial charge is 0.452 e. The average molecular weight is 244 g/mol. The molecule has 84 valence electrons. The lowest BCUT2D eigenvalue weighted by molar-refractivity contribution is 0.321. The predicted molar refractivity (Wildman–Crippen MR) is 66.7 cm³/mol. The molecular weight excluding hydrogens is 236 g/mol. The third kappa shape index (κ3) is 1.81. The number of benzene rings is 1. The highest BCUT2D eigenvalue weighted by Crippen LogP contribution is 2.30. The minimum atomic E-state index is 0.502. The first-order valence-electron chi connectivity index (χ1n) is 5.00. The first kappa shape index (κ1) is 10.0. The van der Waals surface area contributed by atoms with E-state index < -0.39 is 0 Å². The molecule has 0 aliphatic heterocycles. The van der Waals surface area contributed by atoms with Gasteiger partial charge in [-0.1, -0.05) is 17.3 Å². The van der Waals surface area contributed by atoms with Crippen molar-refractivity contribution < 1.29 is 9.62 Å². The molecule has 3 rings (SSSR count). The summed E-state index contributed by atoms with van der Waals surface area (Å²) in [7, 11) is 0. The van der Waals surface area contributed by atoms with Gasteiger partial charge in [0.1, 0.15) is 12.0 Å². The Morgan fingerprint density at radius 2 is 2.12 bits per heavy atom. The van der Waals surface area contributed by atoms with Crippen LogP contribution in [0.2, 0.25) is 0 Å². The highest BCUT2D eigenvalue weighted by atomic mass is 32.1. The van der Waals surface area contributed by atoms with Crippen LogP contribution in [0, 0.1) is 0 Å². The number of para-hydroxylation sites is 1. The number of rotatable bonds is 2. The Bertz CT molecular complexity index is 651. The molecule has 0 aliphatic rings. The molecule has 0 atom stereocenters. The summed E-state index contributed by atoms with van der Waals surface area (Å²) < 4.78 is 6.60. The van der Waals surface area contributed by atoms with E-state index in [9.17, 15) is 0 Å². The zero-order valence-electron chi connectivity index (χ0n) is 8.70. The van der Waals surface area contributed by atoms with E-state index in [1.54, 1.807) is 17.4 Å². The van der Waals surface area contributed by atoms with E-state index in [0.29, 0.717) is 11.5 Å². The molecule has 0 aliphatic carbocycles. The van der Waals surface area contributed by atoms with Crippen LogP contribution in [0.3, 0.4) is 0 Å². The second-order valence-electron chi connectivity index (χ2n) is 3.43. The minimum Gasteiger partial charge on any atom is -0.452 e. The van der Waals surface area contributed by atoms with Crippen molar-refractivity contribution in [2.24, 2.45) is 5.16 Å². The summed E-state index contributed by atoms with van der Waals surface area (Å²) in [5.41, 5.74) is 0.960. The summed E-state index contributed by atoms with van der Waals surface area (Å²) in [6, 6.07) is 11.5. The Morgan fingerprint density at radius 1 is 1.24 bits per heavy atom. The summed E-state index contributed by atoms with van der Waals surface area (Å²) in [5, 5.41) is 12.2. The Balaban J connectivity index is 2.07. The van der Waals surface area contributed by atoms with E-state index in [4.69, 9.17) is 9.62 Å². The van der Waals surface area contributed by atoms with Crippen LogP contribution in [-0.2, 0) is 0 Å². The van der Waals surface area contributed by atoms with Gasteiger partial charge < -0.3 is 9.62 Å². The van der Waals surface area contributed by atoms with Gasteiger partial charge in [-0.2, -0.15) is 0 Å². The van der Waals surface area contributed by atoms with E-state index in [2.05, 4.69) is 10.1 Å². The molecule has 0 spiro atoms. The molecule has 0 unspecified atom stereocenters. The second-order valence-corrected chi connectivity index (χ2v) is 4.46. The number of fused-ring (bicyclic) bond motifs is 1. The number of furan rings is 1. The third-order valence-corrected chi connectivity index (χ3v) is 3.37. The number of hydrogen-bond acceptors (Lipinski definition) is 5. The minimum absolute atomic E-state index is 0.502. The molecule has 17 heavy (non-hydrogen) atoms. The molecule has 1 N–H and O–H groups in total. The van der Waals surface area contributed by atoms with Crippen LogP contribution in [0.5, 0.6) is 0 Å². The number of nitrogens with zero attached hydrogens (tertiary/aromatic N) is 2. The van der Waals surface area contributed by atoms with E-state index in [1.807, 2.05) is 30.3 Å². The van der Waals surface area contributed by atoms with E-state index in [0.717, 1.165) is 15.2 Å². The van der Waals surface area contributed by atoms with Gasteiger partial charge in [0.15, 0.2) is 10.8 Å². The van der Waals surface area contributed by atoms with Crippen molar-refractivity contribution in [2.75, 3.05) is 0 Å². The molecule has 1 aromatic carbocycles. The first-order valence-corrected chi connectivity index (χ1v) is 5.82. The Labute approximate surface area is 101 Å². The zero-order chi connectivity index (χ0) is 11.7. The molecule has 0 amide bonds. The average Bonchev–Trinajstić information content (AvgIpc) is 2.94. The molecule has 0 fully saturated rings. The topological polar surface area (TPSA) is 58.6 Å². The Kier molecular flexibility index (Phi) is 2.38. The maximum atomic E-state index is 8.41. The lowest BCUT2D eigenvalue weighted by atomic mass is 10.3. The lowest BCUT2D eigenvalue weighted by Crippen LogP contribution is -1.73. The van der Waals surface area contributed by atoms with Gasteiger partial charge in [0, 0.05) is 0 Å². The summed E-state index contributed by atoms with van der Waals surface area (Å²) in [6.45, 7) is 0. The zero-order valence-corrected chi connectivity index (χ0v) is 9.52.